The van der Waals surface area contributed by atoms with Gasteiger partial charge in [-0.2, -0.15) is 8.42 Å². The van der Waals surface area contributed by atoms with E-state index in [2.05, 4.69) is 14.8 Å². The van der Waals surface area contributed by atoms with Gasteiger partial charge in [0.1, 0.15) is 5.75 Å². The van der Waals surface area contributed by atoms with Crippen LogP contribution in [0, 0.1) is 0 Å². The summed E-state index contributed by atoms with van der Waals surface area (Å²) in [6.45, 7) is 1.79. The number of carbonyl (C=O) groups excluding carboxylic acids is 2. The van der Waals surface area contributed by atoms with Crippen LogP contribution < -0.4 is 14.8 Å². The van der Waals surface area contributed by atoms with Crippen LogP contribution >= 0.6 is 11.8 Å². The number of hydrogen-bond acceptors (Lipinski definition) is 6. The summed E-state index contributed by atoms with van der Waals surface area (Å²) in [5.41, 5.74) is 1.07. The second kappa shape index (κ2) is 6.96. The average molecular weight is 396 g/mol. The molecule has 0 radical (unpaired) electrons. The van der Waals surface area contributed by atoms with Crippen molar-refractivity contribution in [1.82, 2.24) is 0 Å². The molecular weight excluding hydrogens is 383 g/mol. The molecule has 0 aromatic heterocycles. The molecule has 136 valence electrons. The Balaban J connectivity index is 1.78. The van der Waals surface area contributed by atoms with Crippen LogP contribution in [0.4, 0.5) is 15.3 Å². The minimum absolute atomic E-state index is 0.141. The summed E-state index contributed by atoms with van der Waals surface area (Å²) in [5.74, 6) is -0.892. The molecule has 0 saturated carbocycles. The van der Waals surface area contributed by atoms with Crippen LogP contribution in [-0.2, 0) is 15.3 Å². The summed E-state index contributed by atoms with van der Waals surface area (Å²) in [5, 5.41) is 5.08. The summed E-state index contributed by atoms with van der Waals surface area (Å²) in [6, 6.07) is 10.2. The maximum atomic E-state index is 12.6. The van der Waals surface area contributed by atoms with E-state index in [-0.39, 0.29) is 22.6 Å². The summed E-state index contributed by atoms with van der Waals surface area (Å²) in [4.78, 5) is 25.0. The SMILES string of the molecule is CC1Sc2ccc(C(=O)Nc3cccc(OS(=O)(=O)F)c3)cc2NC1=O. The Kier molecular flexibility index (Phi) is 4.88. The molecule has 3 rings (SSSR count). The van der Waals surface area contributed by atoms with Gasteiger partial charge < -0.3 is 14.8 Å². The van der Waals surface area contributed by atoms with Gasteiger partial charge in [-0.3, -0.25) is 9.59 Å². The zero-order valence-electron chi connectivity index (χ0n) is 13.4. The molecule has 26 heavy (non-hydrogen) atoms. The Labute approximate surface area is 153 Å². The second-order valence-corrected chi connectivity index (χ2v) is 7.75. The van der Waals surface area contributed by atoms with Gasteiger partial charge in [-0.1, -0.05) is 9.95 Å². The zero-order chi connectivity index (χ0) is 18.9. The maximum Gasteiger partial charge on any atom is 0.488 e. The van der Waals surface area contributed by atoms with E-state index in [9.17, 15) is 21.9 Å². The lowest BCUT2D eigenvalue weighted by Gasteiger charge is -2.21. The third kappa shape index (κ3) is 4.33. The van der Waals surface area contributed by atoms with Gasteiger partial charge >= 0.3 is 10.5 Å². The van der Waals surface area contributed by atoms with E-state index in [1.807, 2.05) is 0 Å². The molecule has 1 heterocycles. The fourth-order valence-electron chi connectivity index (χ4n) is 2.29. The van der Waals surface area contributed by atoms with Gasteiger partial charge in [0.2, 0.25) is 5.91 Å². The third-order valence-electron chi connectivity index (χ3n) is 3.46. The van der Waals surface area contributed by atoms with Crippen molar-refractivity contribution in [3.63, 3.8) is 0 Å². The highest BCUT2D eigenvalue weighted by Crippen LogP contribution is 2.36. The number of halogens is 1. The first kappa shape index (κ1) is 18.2. The summed E-state index contributed by atoms with van der Waals surface area (Å²) < 4.78 is 37.8. The number of thioether (sulfide) groups is 1. The van der Waals surface area contributed by atoms with Crippen LogP contribution in [0.15, 0.2) is 47.4 Å². The van der Waals surface area contributed by atoms with E-state index in [1.54, 1.807) is 25.1 Å². The van der Waals surface area contributed by atoms with Crippen molar-refractivity contribution in [3.8, 4) is 5.75 Å². The molecule has 2 N–H and O–H groups in total. The Morgan fingerprint density at radius 2 is 2.04 bits per heavy atom. The number of hydrogen-bond donors (Lipinski definition) is 2. The molecule has 2 aromatic rings. The van der Waals surface area contributed by atoms with Crippen molar-refractivity contribution in [2.75, 3.05) is 10.6 Å². The van der Waals surface area contributed by atoms with Gasteiger partial charge in [0, 0.05) is 22.2 Å². The molecule has 1 aliphatic heterocycles. The molecule has 0 bridgehead atoms. The van der Waals surface area contributed by atoms with E-state index in [4.69, 9.17) is 0 Å². The number of nitrogens with one attached hydrogen (secondary N) is 2. The lowest BCUT2D eigenvalue weighted by molar-refractivity contribution is -0.115. The highest BCUT2D eigenvalue weighted by molar-refractivity contribution is 8.01. The van der Waals surface area contributed by atoms with Gasteiger partial charge in [0.25, 0.3) is 5.91 Å². The molecule has 1 aliphatic rings. The van der Waals surface area contributed by atoms with Crippen molar-refractivity contribution in [2.24, 2.45) is 0 Å². The zero-order valence-corrected chi connectivity index (χ0v) is 15.0. The van der Waals surface area contributed by atoms with Gasteiger partial charge in [-0.05, 0) is 37.3 Å². The van der Waals surface area contributed by atoms with Crippen LogP contribution in [0.2, 0.25) is 0 Å². The molecule has 2 aromatic carbocycles. The molecule has 2 amide bonds. The van der Waals surface area contributed by atoms with E-state index >= 15 is 0 Å². The Hall–Kier alpha value is -2.59. The molecular formula is C16H13FN2O5S2. The van der Waals surface area contributed by atoms with Crippen LogP contribution in [0.5, 0.6) is 5.75 Å². The van der Waals surface area contributed by atoms with Crippen LogP contribution in [0.1, 0.15) is 17.3 Å². The highest BCUT2D eigenvalue weighted by atomic mass is 32.3. The summed E-state index contributed by atoms with van der Waals surface area (Å²) >= 11 is 1.40. The van der Waals surface area contributed by atoms with Crippen molar-refractivity contribution < 1.29 is 26.1 Å². The molecule has 0 spiro atoms. The number of carbonyl (C=O) groups is 2. The predicted octanol–water partition coefficient (Wildman–Crippen LogP) is 2.96. The van der Waals surface area contributed by atoms with Crippen LogP contribution in [-0.4, -0.2) is 25.5 Å². The number of benzene rings is 2. The number of amides is 2. The summed E-state index contributed by atoms with van der Waals surface area (Å²) in [6.07, 6.45) is 0. The lowest BCUT2D eigenvalue weighted by atomic mass is 10.1. The maximum absolute atomic E-state index is 12.6. The largest absolute Gasteiger partial charge is 0.488 e. The molecule has 10 heteroatoms. The quantitative estimate of drug-likeness (QED) is 0.771. The van der Waals surface area contributed by atoms with E-state index in [1.165, 1.54) is 36.0 Å². The predicted molar refractivity (Wildman–Crippen MR) is 95.4 cm³/mol. The van der Waals surface area contributed by atoms with E-state index < -0.39 is 16.4 Å². The fraction of sp³-hybridized carbons (Fsp3) is 0.125. The van der Waals surface area contributed by atoms with Gasteiger partial charge in [0.05, 0.1) is 10.9 Å². The molecule has 1 unspecified atom stereocenters. The van der Waals surface area contributed by atoms with E-state index in [0.717, 1.165) is 4.90 Å². The number of anilines is 2. The minimum Gasteiger partial charge on any atom is -0.358 e. The topological polar surface area (TPSA) is 102 Å². The smallest absolute Gasteiger partial charge is 0.358 e. The normalized spacial score (nSPS) is 16.4. The van der Waals surface area contributed by atoms with Crippen molar-refractivity contribution in [2.45, 2.75) is 17.1 Å². The Morgan fingerprint density at radius 1 is 1.27 bits per heavy atom. The van der Waals surface area contributed by atoms with Crippen LogP contribution in [0.25, 0.3) is 0 Å². The van der Waals surface area contributed by atoms with Gasteiger partial charge in [-0.15, -0.1) is 11.8 Å². The Bertz CT molecular complexity index is 994. The van der Waals surface area contributed by atoms with Gasteiger partial charge in [-0.25, -0.2) is 0 Å². The minimum atomic E-state index is -5.15. The molecule has 0 fully saturated rings. The fourth-order valence-corrected chi connectivity index (χ4v) is 3.56. The monoisotopic (exact) mass is 396 g/mol. The Morgan fingerprint density at radius 3 is 2.77 bits per heavy atom. The van der Waals surface area contributed by atoms with Crippen molar-refractivity contribution in [1.29, 1.82) is 0 Å². The van der Waals surface area contributed by atoms with Crippen molar-refractivity contribution in [3.05, 3.63) is 48.0 Å². The number of rotatable bonds is 4. The number of fused-ring (bicyclic) bond motifs is 1. The molecule has 1 atom stereocenters. The average Bonchev–Trinajstić information content (AvgIpc) is 2.54. The third-order valence-corrected chi connectivity index (χ3v) is 5.03. The standard InChI is InChI=1S/C16H13FN2O5S2/c1-9-15(20)19-13-7-10(5-6-14(13)25-9)16(21)18-11-3-2-4-12(8-11)24-26(17,22)23/h2-9H,1H3,(H,18,21)(H,19,20). The summed E-state index contributed by atoms with van der Waals surface area (Å²) in [7, 11) is -5.15. The second-order valence-electron chi connectivity index (χ2n) is 5.42. The van der Waals surface area contributed by atoms with Crippen molar-refractivity contribution >= 4 is 45.5 Å². The van der Waals surface area contributed by atoms with E-state index in [0.29, 0.717) is 11.3 Å². The first-order chi connectivity index (χ1) is 12.2. The highest BCUT2D eigenvalue weighted by Gasteiger charge is 2.23. The molecule has 0 aliphatic carbocycles. The molecule has 0 saturated heterocycles. The molecule has 7 nitrogen and oxygen atoms in total. The lowest BCUT2D eigenvalue weighted by Crippen LogP contribution is -2.26. The first-order valence-electron chi connectivity index (χ1n) is 7.38. The van der Waals surface area contributed by atoms with Gasteiger partial charge in [0.15, 0.2) is 0 Å². The first-order valence-corrected chi connectivity index (χ1v) is 9.57. The van der Waals surface area contributed by atoms with Crippen LogP contribution in [0.3, 0.4) is 0 Å².